The summed E-state index contributed by atoms with van der Waals surface area (Å²) in [5, 5.41) is 2.86. The van der Waals surface area contributed by atoms with Crippen molar-refractivity contribution < 1.29 is 18.7 Å². The number of hydrogen-bond acceptors (Lipinski definition) is 3. The van der Waals surface area contributed by atoms with Crippen molar-refractivity contribution in [3.63, 3.8) is 0 Å². The van der Waals surface area contributed by atoms with Crippen LogP contribution in [0.2, 0.25) is 0 Å². The Morgan fingerprint density at radius 1 is 1.12 bits per heavy atom. The zero-order valence-corrected chi connectivity index (χ0v) is 13.9. The van der Waals surface area contributed by atoms with E-state index < -0.39 is 6.10 Å². The van der Waals surface area contributed by atoms with Crippen LogP contribution in [0.5, 0.6) is 11.5 Å². The molecule has 4 nitrogen and oxygen atoms in total. The van der Waals surface area contributed by atoms with Crippen molar-refractivity contribution in [2.45, 2.75) is 25.9 Å². The molecule has 128 valence electrons. The number of rotatable bonds is 8. The molecule has 1 amide bonds. The van der Waals surface area contributed by atoms with Crippen molar-refractivity contribution in [3.8, 4) is 11.5 Å². The van der Waals surface area contributed by atoms with E-state index in [2.05, 4.69) is 5.32 Å². The highest BCUT2D eigenvalue weighted by Gasteiger charge is 2.19. The highest BCUT2D eigenvalue weighted by Crippen LogP contribution is 2.27. The van der Waals surface area contributed by atoms with Crippen molar-refractivity contribution in [1.29, 1.82) is 0 Å². The Labute approximate surface area is 141 Å². The van der Waals surface area contributed by atoms with Crippen LogP contribution in [0.15, 0.2) is 48.5 Å². The van der Waals surface area contributed by atoms with Gasteiger partial charge in [0.2, 0.25) is 0 Å². The third-order valence-electron chi connectivity index (χ3n) is 3.63. The molecule has 1 atom stereocenters. The summed E-state index contributed by atoms with van der Waals surface area (Å²) in [6.45, 7) is 2.36. The molecule has 0 radical (unpaired) electrons. The van der Waals surface area contributed by atoms with Gasteiger partial charge in [-0.2, -0.15) is 0 Å². The molecule has 0 aromatic heterocycles. The minimum atomic E-state index is -0.588. The average molecular weight is 331 g/mol. The Bertz CT molecular complexity index is 658. The molecular formula is C19H22FNO3. The molecule has 0 saturated heterocycles. The van der Waals surface area contributed by atoms with E-state index in [9.17, 15) is 9.18 Å². The largest absolute Gasteiger partial charge is 0.493 e. The number of nitrogens with one attached hydrogen (secondary N) is 1. The van der Waals surface area contributed by atoms with Crippen molar-refractivity contribution in [1.82, 2.24) is 5.32 Å². The first-order valence-electron chi connectivity index (χ1n) is 7.96. The van der Waals surface area contributed by atoms with E-state index in [1.807, 2.05) is 19.1 Å². The lowest BCUT2D eigenvalue weighted by Crippen LogP contribution is -2.39. The smallest absolute Gasteiger partial charge is 0.261 e. The molecule has 0 unspecified atom stereocenters. The van der Waals surface area contributed by atoms with Gasteiger partial charge in [0, 0.05) is 6.54 Å². The van der Waals surface area contributed by atoms with Gasteiger partial charge in [0.15, 0.2) is 17.6 Å². The molecule has 1 N–H and O–H groups in total. The van der Waals surface area contributed by atoms with Crippen molar-refractivity contribution >= 4 is 5.91 Å². The standard InChI is InChI=1S/C19H22FNO3/c1-3-16(24-18-7-5-4-6-17(18)23-2)19(22)21-13-12-14-8-10-15(20)11-9-14/h4-11,16H,3,12-13H2,1-2H3,(H,21,22)/t16-/m1/s1. The van der Waals surface area contributed by atoms with Gasteiger partial charge in [0.25, 0.3) is 5.91 Å². The Kier molecular flexibility index (Phi) is 6.61. The van der Waals surface area contributed by atoms with E-state index >= 15 is 0 Å². The molecular weight excluding hydrogens is 309 g/mol. The fourth-order valence-corrected chi connectivity index (χ4v) is 2.29. The maximum Gasteiger partial charge on any atom is 0.261 e. The number of benzene rings is 2. The van der Waals surface area contributed by atoms with Crippen LogP contribution < -0.4 is 14.8 Å². The number of para-hydroxylation sites is 2. The summed E-state index contributed by atoms with van der Waals surface area (Å²) in [6.07, 6.45) is 0.590. The maximum absolute atomic E-state index is 12.9. The molecule has 0 spiro atoms. The predicted molar refractivity (Wildman–Crippen MR) is 90.8 cm³/mol. The van der Waals surface area contributed by atoms with Crippen molar-refractivity contribution in [2.24, 2.45) is 0 Å². The predicted octanol–water partition coefficient (Wildman–Crippen LogP) is 3.35. The summed E-state index contributed by atoms with van der Waals surface area (Å²) < 4.78 is 23.9. The number of hydrogen-bond donors (Lipinski definition) is 1. The van der Waals surface area contributed by atoms with Crippen LogP contribution in [-0.4, -0.2) is 25.7 Å². The lowest BCUT2D eigenvalue weighted by molar-refractivity contribution is -0.128. The molecule has 0 bridgehead atoms. The molecule has 0 aliphatic rings. The van der Waals surface area contributed by atoms with Gasteiger partial charge in [0.05, 0.1) is 7.11 Å². The molecule has 2 aromatic rings. The Balaban J connectivity index is 1.88. The Morgan fingerprint density at radius 2 is 1.79 bits per heavy atom. The highest BCUT2D eigenvalue weighted by molar-refractivity contribution is 5.81. The molecule has 2 aromatic carbocycles. The van der Waals surface area contributed by atoms with E-state index in [1.165, 1.54) is 12.1 Å². The van der Waals surface area contributed by atoms with Crippen LogP contribution in [0.25, 0.3) is 0 Å². The van der Waals surface area contributed by atoms with Crippen molar-refractivity contribution in [3.05, 3.63) is 59.9 Å². The number of carbonyl (C=O) groups is 1. The first-order valence-corrected chi connectivity index (χ1v) is 7.96. The van der Waals surface area contributed by atoms with Gasteiger partial charge >= 0.3 is 0 Å². The SMILES string of the molecule is CC[C@@H](Oc1ccccc1OC)C(=O)NCCc1ccc(F)cc1. The van der Waals surface area contributed by atoms with Gasteiger partial charge in [0.1, 0.15) is 5.82 Å². The summed E-state index contributed by atoms with van der Waals surface area (Å²) in [7, 11) is 1.56. The van der Waals surface area contributed by atoms with Gasteiger partial charge in [-0.1, -0.05) is 31.2 Å². The van der Waals surface area contributed by atoms with Gasteiger partial charge < -0.3 is 14.8 Å². The van der Waals surface area contributed by atoms with Crippen LogP contribution in [0.4, 0.5) is 4.39 Å². The third kappa shape index (κ3) is 4.98. The Morgan fingerprint density at radius 3 is 2.42 bits per heavy atom. The summed E-state index contributed by atoms with van der Waals surface area (Å²) in [5.41, 5.74) is 0.968. The molecule has 5 heteroatoms. The first-order chi connectivity index (χ1) is 11.6. The van der Waals surface area contributed by atoms with Crippen LogP contribution in [0.3, 0.4) is 0 Å². The number of ether oxygens (including phenoxy) is 2. The fraction of sp³-hybridized carbons (Fsp3) is 0.316. The highest BCUT2D eigenvalue weighted by atomic mass is 19.1. The second-order valence-corrected chi connectivity index (χ2v) is 5.33. The third-order valence-corrected chi connectivity index (χ3v) is 3.63. The molecule has 24 heavy (non-hydrogen) atoms. The molecule has 0 heterocycles. The van der Waals surface area contributed by atoms with Crippen LogP contribution in [0.1, 0.15) is 18.9 Å². The lowest BCUT2D eigenvalue weighted by Gasteiger charge is -2.18. The summed E-state index contributed by atoms with van der Waals surface area (Å²) in [6, 6.07) is 13.5. The van der Waals surface area contributed by atoms with Gasteiger partial charge in [-0.3, -0.25) is 4.79 Å². The number of halogens is 1. The number of carbonyl (C=O) groups excluding carboxylic acids is 1. The number of methoxy groups -OCH3 is 1. The second kappa shape index (κ2) is 8.91. The second-order valence-electron chi connectivity index (χ2n) is 5.33. The van der Waals surface area contributed by atoms with Gasteiger partial charge in [-0.25, -0.2) is 4.39 Å². The summed E-state index contributed by atoms with van der Waals surface area (Å²) in [5.74, 6) is 0.695. The molecule has 2 rings (SSSR count). The minimum absolute atomic E-state index is 0.175. The van der Waals surface area contributed by atoms with Crippen LogP contribution in [0, 0.1) is 5.82 Å². The van der Waals surface area contributed by atoms with E-state index in [0.717, 1.165) is 5.56 Å². The summed E-state index contributed by atoms with van der Waals surface area (Å²) >= 11 is 0. The van der Waals surface area contributed by atoms with Crippen LogP contribution in [-0.2, 0) is 11.2 Å². The average Bonchev–Trinajstić information content (AvgIpc) is 2.61. The zero-order chi connectivity index (χ0) is 17.4. The zero-order valence-electron chi connectivity index (χ0n) is 13.9. The van der Waals surface area contributed by atoms with Crippen LogP contribution >= 0.6 is 0 Å². The van der Waals surface area contributed by atoms with Crippen molar-refractivity contribution in [2.75, 3.05) is 13.7 Å². The minimum Gasteiger partial charge on any atom is -0.493 e. The molecule has 0 aliphatic heterocycles. The topological polar surface area (TPSA) is 47.6 Å². The molecule has 0 saturated carbocycles. The Hall–Kier alpha value is -2.56. The lowest BCUT2D eigenvalue weighted by atomic mass is 10.1. The number of amides is 1. The van der Waals surface area contributed by atoms with E-state index in [-0.39, 0.29) is 11.7 Å². The quantitative estimate of drug-likeness (QED) is 0.807. The molecule has 0 aliphatic carbocycles. The normalized spacial score (nSPS) is 11.6. The van der Waals surface area contributed by atoms with E-state index in [0.29, 0.717) is 30.9 Å². The fourth-order valence-electron chi connectivity index (χ4n) is 2.29. The first kappa shape index (κ1) is 17.8. The van der Waals surface area contributed by atoms with Gasteiger partial charge in [-0.05, 0) is 42.7 Å². The monoisotopic (exact) mass is 331 g/mol. The maximum atomic E-state index is 12.9. The summed E-state index contributed by atoms with van der Waals surface area (Å²) in [4.78, 5) is 12.3. The van der Waals surface area contributed by atoms with Gasteiger partial charge in [-0.15, -0.1) is 0 Å². The molecule has 0 fully saturated rings. The van der Waals surface area contributed by atoms with E-state index in [4.69, 9.17) is 9.47 Å². The van der Waals surface area contributed by atoms with E-state index in [1.54, 1.807) is 31.4 Å².